The van der Waals surface area contributed by atoms with Crippen molar-refractivity contribution in [2.75, 3.05) is 76.2 Å². The highest BCUT2D eigenvalue weighted by atomic mass is 35.5. The molecule has 1 atom stereocenters. The molecule has 2 aromatic rings. The van der Waals surface area contributed by atoms with Gasteiger partial charge in [-0.15, -0.1) is 0 Å². The van der Waals surface area contributed by atoms with Crippen LogP contribution in [0.25, 0.3) is 0 Å². The highest BCUT2D eigenvalue weighted by molar-refractivity contribution is 6.31. The number of likely N-dealkylation sites (N-methyl/N-ethyl adjacent to an activating group) is 1. The lowest BCUT2D eigenvalue weighted by molar-refractivity contribution is -0.0361. The van der Waals surface area contributed by atoms with Crippen molar-refractivity contribution in [3.05, 3.63) is 45.9 Å². The lowest BCUT2D eigenvalue weighted by atomic mass is 10.1. The molecule has 4 heterocycles. The second kappa shape index (κ2) is 10.7. The number of benzene rings is 1. The summed E-state index contributed by atoms with van der Waals surface area (Å²) in [6.45, 7) is 9.65. The number of morpholine rings is 1. The van der Waals surface area contributed by atoms with E-state index in [0.29, 0.717) is 11.6 Å². The van der Waals surface area contributed by atoms with Gasteiger partial charge in [-0.05, 0) is 24.7 Å². The van der Waals surface area contributed by atoms with Gasteiger partial charge in [-0.2, -0.15) is 4.98 Å². The quantitative estimate of drug-likeness (QED) is 0.638. The van der Waals surface area contributed by atoms with Gasteiger partial charge in [-0.1, -0.05) is 17.7 Å². The Morgan fingerprint density at radius 2 is 2.06 bits per heavy atom. The predicted octanol–water partition coefficient (Wildman–Crippen LogP) is 1.98. The topological polar surface area (TPSA) is 68.8 Å². The summed E-state index contributed by atoms with van der Waals surface area (Å²) in [5, 5.41) is 7.27. The molecule has 3 aliphatic heterocycles. The van der Waals surface area contributed by atoms with Gasteiger partial charge in [0.05, 0.1) is 18.4 Å². The van der Waals surface area contributed by atoms with Crippen LogP contribution in [0.1, 0.15) is 16.8 Å². The molecular weight excluding hydrogens is 457 g/mol. The summed E-state index contributed by atoms with van der Waals surface area (Å²) >= 11 is 6.23. The van der Waals surface area contributed by atoms with E-state index in [4.69, 9.17) is 26.3 Å². The van der Waals surface area contributed by atoms with Gasteiger partial charge in [0.1, 0.15) is 11.6 Å². The van der Waals surface area contributed by atoms with Crippen LogP contribution in [-0.4, -0.2) is 91.9 Å². The highest BCUT2D eigenvalue weighted by Gasteiger charge is 2.26. The van der Waals surface area contributed by atoms with E-state index in [9.17, 15) is 4.39 Å². The van der Waals surface area contributed by atoms with Crippen molar-refractivity contribution in [2.45, 2.75) is 25.6 Å². The standard InChI is InChI=1S/C24H33ClFN7O/c1-31-10-11-34-19(15-31)16-32-6-8-33(9-7-32)24-29-22-4-5-27-14-20(22)23(30-24)28-13-17-2-3-18(26)12-21(17)25/h2-3,12,19,27H,4-11,13-16H2,1H3,(H,28,29,30)/t19-/m1/s1. The lowest BCUT2D eigenvalue weighted by Crippen LogP contribution is -2.52. The molecule has 10 heteroatoms. The molecule has 0 radical (unpaired) electrons. The summed E-state index contributed by atoms with van der Waals surface area (Å²) in [6, 6.07) is 4.49. The fourth-order valence-corrected chi connectivity index (χ4v) is 5.09. The molecule has 2 N–H and O–H groups in total. The van der Waals surface area contributed by atoms with Gasteiger partial charge in [-0.25, -0.2) is 9.37 Å². The first-order chi connectivity index (χ1) is 16.5. The Balaban J connectivity index is 1.26. The maximum absolute atomic E-state index is 13.4. The molecule has 5 rings (SSSR count). The molecule has 0 unspecified atom stereocenters. The zero-order valence-electron chi connectivity index (χ0n) is 19.7. The van der Waals surface area contributed by atoms with Crippen LogP contribution in [-0.2, 0) is 24.2 Å². The monoisotopic (exact) mass is 489 g/mol. The van der Waals surface area contributed by atoms with Crippen LogP contribution in [0.5, 0.6) is 0 Å². The van der Waals surface area contributed by atoms with E-state index in [1.807, 2.05) is 0 Å². The van der Waals surface area contributed by atoms with Gasteiger partial charge in [0, 0.05) is 82.5 Å². The molecule has 8 nitrogen and oxygen atoms in total. The fourth-order valence-electron chi connectivity index (χ4n) is 4.86. The minimum atomic E-state index is -0.333. The fraction of sp³-hybridized carbons (Fsp3) is 0.583. The number of rotatable bonds is 6. The maximum Gasteiger partial charge on any atom is 0.227 e. The number of aromatic nitrogens is 2. The predicted molar refractivity (Wildman–Crippen MR) is 132 cm³/mol. The van der Waals surface area contributed by atoms with Gasteiger partial charge in [-0.3, -0.25) is 4.90 Å². The SMILES string of the molecule is CN1CCO[C@@H](CN2CCN(c3nc4c(c(NCc5ccc(F)cc5Cl)n3)CNCC4)CC2)C1. The summed E-state index contributed by atoms with van der Waals surface area (Å²) in [5.74, 6) is 1.27. The van der Waals surface area contributed by atoms with Crippen LogP contribution in [0.15, 0.2) is 18.2 Å². The van der Waals surface area contributed by atoms with Gasteiger partial charge < -0.3 is 25.2 Å². The normalized spacial score (nSPS) is 22.0. The third kappa shape index (κ3) is 5.60. The second-order valence-electron chi connectivity index (χ2n) is 9.36. The smallest absolute Gasteiger partial charge is 0.227 e. The van der Waals surface area contributed by atoms with Crippen LogP contribution >= 0.6 is 11.6 Å². The number of halogens is 2. The van der Waals surface area contributed by atoms with Gasteiger partial charge >= 0.3 is 0 Å². The van der Waals surface area contributed by atoms with Gasteiger partial charge in [0.25, 0.3) is 0 Å². The first kappa shape index (κ1) is 23.7. The lowest BCUT2D eigenvalue weighted by Gasteiger charge is -2.38. The summed E-state index contributed by atoms with van der Waals surface area (Å²) in [5.41, 5.74) is 3.04. The zero-order chi connectivity index (χ0) is 23.5. The Kier molecular flexibility index (Phi) is 7.46. The van der Waals surface area contributed by atoms with Crippen LogP contribution in [0.4, 0.5) is 16.2 Å². The van der Waals surface area contributed by atoms with E-state index in [-0.39, 0.29) is 11.9 Å². The van der Waals surface area contributed by atoms with E-state index in [2.05, 4.69) is 32.4 Å². The molecule has 34 heavy (non-hydrogen) atoms. The molecule has 0 aliphatic carbocycles. The summed E-state index contributed by atoms with van der Waals surface area (Å²) < 4.78 is 19.4. The Morgan fingerprint density at radius 3 is 2.85 bits per heavy atom. The van der Waals surface area contributed by atoms with Crippen LogP contribution in [0.3, 0.4) is 0 Å². The van der Waals surface area contributed by atoms with E-state index in [0.717, 1.165) is 101 Å². The van der Waals surface area contributed by atoms with Crippen molar-refractivity contribution in [3.8, 4) is 0 Å². The number of fused-ring (bicyclic) bond motifs is 1. The van der Waals surface area contributed by atoms with E-state index < -0.39 is 0 Å². The number of piperazine rings is 1. The van der Waals surface area contributed by atoms with E-state index in [1.54, 1.807) is 6.07 Å². The van der Waals surface area contributed by atoms with Gasteiger partial charge in [0.2, 0.25) is 5.95 Å². The van der Waals surface area contributed by atoms with Crippen molar-refractivity contribution in [1.29, 1.82) is 0 Å². The number of anilines is 2. The Labute approximate surface area is 205 Å². The number of hydrogen-bond donors (Lipinski definition) is 2. The average Bonchev–Trinajstić information content (AvgIpc) is 2.84. The molecule has 0 saturated carbocycles. The number of nitrogens with zero attached hydrogens (tertiary/aromatic N) is 5. The van der Waals surface area contributed by atoms with Crippen molar-refractivity contribution >= 4 is 23.4 Å². The molecule has 0 bridgehead atoms. The van der Waals surface area contributed by atoms with Crippen molar-refractivity contribution in [3.63, 3.8) is 0 Å². The average molecular weight is 490 g/mol. The highest BCUT2D eigenvalue weighted by Crippen LogP contribution is 2.26. The number of nitrogens with one attached hydrogen (secondary N) is 2. The largest absolute Gasteiger partial charge is 0.374 e. The summed E-state index contributed by atoms with van der Waals surface area (Å²) in [4.78, 5) is 17.0. The number of hydrogen-bond acceptors (Lipinski definition) is 8. The van der Waals surface area contributed by atoms with Gasteiger partial charge in [0.15, 0.2) is 0 Å². The Bertz CT molecular complexity index is 1000. The van der Waals surface area contributed by atoms with E-state index in [1.165, 1.54) is 12.1 Å². The molecule has 2 saturated heterocycles. The second-order valence-corrected chi connectivity index (χ2v) is 9.76. The first-order valence-electron chi connectivity index (χ1n) is 12.1. The van der Waals surface area contributed by atoms with Crippen LogP contribution in [0, 0.1) is 5.82 Å². The molecule has 1 aromatic carbocycles. The molecular formula is C24H33ClFN7O. The van der Waals surface area contributed by atoms with Crippen molar-refractivity contribution < 1.29 is 9.13 Å². The third-order valence-corrected chi connectivity index (χ3v) is 7.19. The molecule has 2 fully saturated rings. The van der Waals surface area contributed by atoms with Crippen molar-refractivity contribution in [2.24, 2.45) is 0 Å². The first-order valence-corrected chi connectivity index (χ1v) is 12.5. The third-order valence-electron chi connectivity index (χ3n) is 6.84. The summed E-state index contributed by atoms with van der Waals surface area (Å²) in [7, 11) is 2.16. The molecule has 1 aromatic heterocycles. The van der Waals surface area contributed by atoms with Crippen molar-refractivity contribution in [1.82, 2.24) is 25.1 Å². The molecule has 0 spiro atoms. The minimum absolute atomic E-state index is 0.284. The molecule has 184 valence electrons. The number of ether oxygens (including phenoxy) is 1. The summed E-state index contributed by atoms with van der Waals surface area (Å²) in [6.07, 6.45) is 1.16. The molecule has 0 amide bonds. The Hall–Kier alpha value is -2.04. The Morgan fingerprint density at radius 1 is 1.21 bits per heavy atom. The van der Waals surface area contributed by atoms with Crippen LogP contribution < -0.4 is 15.5 Å². The molecule has 3 aliphatic rings. The van der Waals surface area contributed by atoms with E-state index >= 15 is 0 Å². The van der Waals surface area contributed by atoms with Crippen LogP contribution in [0.2, 0.25) is 5.02 Å². The zero-order valence-corrected chi connectivity index (χ0v) is 20.5. The maximum atomic E-state index is 13.4. The minimum Gasteiger partial charge on any atom is -0.374 e.